The molecule has 0 radical (unpaired) electrons. The van der Waals surface area contributed by atoms with E-state index in [1.807, 2.05) is 0 Å². The van der Waals surface area contributed by atoms with Gasteiger partial charge in [-0.25, -0.2) is 0 Å². The quantitative estimate of drug-likeness (QED) is 0.764. The van der Waals surface area contributed by atoms with E-state index in [2.05, 4.69) is 32.2 Å². The summed E-state index contributed by atoms with van der Waals surface area (Å²) in [6.45, 7) is 2.12. The van der Waals surface area contributed by atoms with E-state index in [1.165, 1.54) is 13.5 Å². The van der Waals surface area contributed by atoms with E-state index in [1.54, 1.807) is 0 Å². The Hall–Kier alpha value is -1.63. The third kappa shape index (κ3) is 3.16. The van der Waals surface area contributed by atoms with Crippen LogP contribution in [0, 0.1) is 0 Å². The van der Waals surface area contributed by atoms with Crippen molar-refractivity contribution < 1.29 is 4.74 Å². The van der Waals surface area contributed by atoms with Crippen LogP contribution in [0.15, 0.2) is 0 Å². The molecule has 3 N–H and O–H groups in total. The average Bonchev–Trinajstić information content (AvgIpc) is 2.28. The zero-order valence-electron chi connectivity index (χ0n) is 10.2. The first-order valence-electron chi connectivity index (χ1n) is 5.68. The van der Waals surface area contributed by atoms with Crippen LogP contribution in [0.4, 0.5) is 11.9 Å². The minimum absolute atomic E-state index is 0.170. The predicted octanol–water partition coefficient (Wildman–Crippen LogP) is -0.0315. The Bertz CT molecular complexity index is 385. The molecule has 7 heteroatoms. The van der Waals surface area contributed by atoms with E-state index < -0.39 is 0 Å². The Balaban J connectivity index is 2.04. The molecule has 0 bridgehead atoms. The highest BCUT2D eigenvalue weighted by molar-refractivity contribution is 5.33. The molecule has 1 aliphatic rings. The maximum absolute atomic E-state index is 5.57. The lowest BCUT2D eigenvalue weighted by atomic mass is 10.1. The Morgan fingerprint density at radius 1 is 1.41 bits per heavy atom. The minimum atomic E-state index is 0.170. The van der Waals surface area contributed by atoms with Gasteiger partial charge in [-0.2, -0.15) is 15.0 Å². The number of likely N-dealkylation sites (N-methyl/N-ethyl adjacent to an activating group) is 1. The summed E-state index contributed by atoms with van der Waals surface area (Å²) in [7, 11) is 3.61. The first-order chi connectivity index (χ1) is 8.17. The van der Waals surface area contributed by atoms with Gasteiger partial charge in [0.25, 0.3) is 0 Å². The summed E-state index contributed by atoms with van der Waals surface area (Å²) in [4.78, 5) is 14.3. The maximum Gasteiger partial charge on any atom is 0.322 e. The fraction of sp³-hybridized carbons (Fsp3) is 0.700. The van der Waals surface area contributed by atoms with Crippen molar-refractivity contribution in [2.24, 2.45) is 0 Å². The van der Waals surface area contributed by atoms with Crippen LogP contribution in [0.1, 0.15) is 12.8 Å². The molecule has 1 aliphatic heterocycles. The second kappa shape index (κ2) is 5.13. The van der Waals surface area contributed by atoms with Gasteiger partial charge in [0.1, 0.15) is 0 Å². The summed E-state index contributed by atoms with van der Waals surface area (Å²) in [5.41, 5.74) is 5.57. The third-order valence-corrected chi connectivity index (χ3v) is 2.77. The molecule has 1 saturated heterocycles. The van der Waals surface area contributed by atoms with Gasteiger partial charge in [0.15, 0.2) is 0 Å². The molecular formula is C10H18N6O. The summed E-state index contributed by atoms with van der Waals surface area (Å²) >= 11 is 0. The van der Waals surface area contributed by atoms with Crippen LogP contribution >= 0.6 is 0 Å². The monoisotopic (exact) mass is 238 g/mol. The second-order valence-corrected chi connectivity index (χ2v) is 4.25. The van der Waals surface area contributed by atoms with Crippen molar-refractivity contribution in [1.82, 2.24) is 19.9 Å². The lowest BCUT2D eigenvalue weighted by molar-refractivity contribution is 0.260. The highest BCUT2D eigenvalue weighted by atomic mass is 16.5. The van der Waals surface area contributed by atoms with E-state index in [0.717, 1.165) is 19.5 Å². The Morgan fingerprint density at radius 2 is 2.24 bits per heavy atom. The van der Waals surface area contributed by atoms with Crippen molar-refractivity contribution in [3.63, 3.8) is 0 Å². The number of hydrogen-bond donors (Lipinski definition) is 2. The van der Waals surface area contributed by atoms with E-state index >= 15 is 0 Å². The molecule has 0 saturated carbocycles. The fourth-order valence-corrected chi connectivity index (χ4v) is 1.99. The summed E-state index contributed by atoms with van der Waals surface area (Å²) in [6.07, 6.45) is 2.28. The van der Waals surface area contributed by atoms with Crippen molar-refractivity contribution in [2.45, 2.75) is 18.9 Å². The van der Waals surface area contributed by atoms with Crippen molar-refractivity contribution in [1.29, 1.82) is 0 Å². The van der Waals surface area contributed by atoms with Gasteiger partial charge in [0.05, 0.1) is 7.11 Å². The SMILES string of the molecule is COc1nc(N)nc(NC2CCCN(C)C2)n1. The molecule has 0 aromatic carbocycles. The Labute approximate surface area is 100 Å². The van der Waals surface area contributed by atoms with E-state index in [9.17, 15) is 0 Å². The first kappa shape index (κ1) is 11.8. The number of hydrogen-bond acceptors (Lipinski definition) is 7. The average molecular weight is 238 g/mol. The minimum Gasteiger partial charge on any atom is -0.467 e. The number of nitrogen functional groups attached to an aromatic ring is 1. The number of aromatic nitrogens is 3. The van der Waals surface area contributed by atoms with Gasteiger partial charge in [0.2, 0.25) is 11.9 Å². The van der Waals surface area contributed by atoms with Crippen molar-refractivity contribution in [2.75, 3.05) is 38.3 Å². The summed E-state index contributed by atoms with van der Waals surface area (Å²) < 4.78 is 4.95. The number of ether oxygens (including phenoxy) is 1. The van der Waals surface area contributed by atoms with Crippen LogP contribution in [0.5, 0.6) is 6.01 Å². The van der Waals surface area contributed by atoms with E-state index in [0.29, 0.717) is 12.0 Å². The highest BCUT2D eigenvalue weighted by Crippen LogP contribution is 2.14. The smallest absolute Gasteiger partial charge is 0.322 e. The standard InChI is InChI=1S/C10H18N6O/c1-16-5-3-4-7(6-16)12-9-13-8(11)14-10(15-9)17-2/h7H,3-6H2,1-2H3,(H3,11,12,13,14,15). The predicted molar refractivity (Wildman–Crippen MR) is 64.9 cm³/mol. The lowest BCUT2D eigenvalue weighted by Gasteiger charge is -2.30. The summed E-state index contributed by atoms with van der Waals surface area (Å²) in [6, 6.07) is 0.587. The van der Waals surface area contributed by atoms with Gasteiger partial charge < -0.3 is 20.7 Å². The van der Waals surface area contributed by atoms with Gasteiger partial charge in [-0.3, -0.25) is 0 Å². The Kier molecular flexibility index (Phi) is 3.58. The molecular weight excluding hydrogens is 220 g/mol. The molecule has 7 nitrogen and oxygen atoms in total. The number of nitrogens with one attached hydrogen (secondary N) is 1. The van der Waals surface area contributed by atoms with Crippen LogP contribution < -0.4 is 15.8 Å². The second-order valence-electron chi connectivity index (χ2n) is 4.25. The molecule has 2 rings (SSSR count). The van der Waals surface area contributed by atoms with Crippen LogP contribution in [-0.2, 0) is 0 Å². The number of anilines is 2. The number of rotatable bonds is 3. The maximum atomic E-state index is 5.57. The summed E-state index contributed by atoms with van der Waals surface area (Å²) in [5, 5.41) is 3.26. The number of methoxy groups -OCH3 is 1. The van der Waals surface area contributed by atoms with Gasteiger partial charge in [-0.15, -0.1) is 0 Å². The normalized spacial score (nSPS) is 21.2. The molecule has 1 aromatic rings. The van der Waals surface area contributed by atoms with Gasteiger partial charge in [-0.05, 0) is 26.4 Å². The first-order valence-corrected chi connectivity index (χ1v) is 5.68. The molecule has 1 aromatic heterocycles. The van der Waals surface area contributed by atoms with Gasteiger partial charge in [0, 0.05) is 12.6 Å². The van der Waals surface area contributed by atoms with Crippen LogP contribution in [0.2, 0.25) is 0 Å². The lowest BCUT2D eigenvalue weighted by Crippen LogP contribution is -2.40. The van der Waals surface area contributed by atoms with Crippen LogP contribution in [-0.4, -0.2) is 53.1 Å². The molecule has 94 valence electrons. The number of piperidine rings is 1. The largest absolute Gasteiger partial charge is 0.467 e. The molecule has 1 atom stereocenters. The van der Waals surface area contributed by atoms with E-state index in [-0.39, 0.29) is 12.0 Å². The summed E-state index contributed by atoms with van der Waals surface area (Å²) in [5.74, 6) is 0.651. The number of nitrogens with zero attached hydrogens (tertiary/aromatic N) is 4. The topological polar surface area (TPSA) is 89.2 Å². The molecule has 1 fully saturated rings. The fourth-order valence-electron chi connectivity index (χ4n) is 1.99. The highest BCUT2D eigenvalue weighted by Gasteiger charge is 2.18. The van der Waals surface area contributed by atoms with Crippen molar-refractivity contribution in [3.05, 3.63) is 0 Å². The van der Waals surface area contributed by atoms with Gasteiger partial charge >= 0.3 is 6.01 Å². The number of nitrogens with two attached hydrogens (primary N) is 1. The zero-order chi connectivity index (χ0) is 12.3. The molecule has 17 heavy (non-hydrogen) atoms. The van der Waals surface area contributed by atoms with Gasteiger partial charge in [-0.1, -0.05) is 0 Å². The number of likely N-dealkylation sites (tertiary alicyclic amines) is 1. The third-order valence-electron chi connectivity index (χ3n) is 2.77. The van der Waals surface area contributed by atoms with Crippen molar-refractivity contribution in [3.8, 4) is 6.01 Å². The van der Waals surface area contributed by atoms with Crippen LogP contribution in [0.3, 0.4) is 0 Å². The molecule has 0 amide bonds. The van der Waals surface area contributed by atoms with Crippen molar-refractivity contribution >= 4 is 11.9 Å². The molecule has 1 unspecified atom stereocenters. The zero-order valence-corrected chi connectivity index (χ0v) is 10.2. The molecule has 0 spiro atoms. The molecule has 0 aliphatic carbocycles. The van der Waals surface area contributed by atoms with Crippen LogP contribution in [0.25, 0.3) is 0 Å². The Morgan fingerprint density at radius 3 is 2.94 bits per heavy atom. The molecule has 2 heterocycles. The van der Waals surface area contributed by atoms with E-state index in [4.69, 9.17) is 10.5 Å².